The lowest BCUT2D eigenvalue weighted by Crippen LogP contribution is -2.14. The molecule has 2 heterocycles. The van der Waals surface area contributed by atoms with E-state index in [1.807, 2.05) is 26.0 Å². The molecule has 0 bridgehead atoms. The van der Waals surface area contributed by atoms with Gasteiger partial charge in [0.25, 0.3) is 0 Å². The number of pyridine rings is 1. The number of hydrogen-bond donors (Lipinski definition) is 1. The van der Waals surface area contributed by atoms with Gasteiger partial charge in [-0.2, -0.15) is 0 Å². The zero-order valence-corrected chi connectivity index (χ0v) is 11.9. The Balaban J connectivity index is 1.82. The molecule has 0 atom stereocenters. The Bertz CT molecular complexity index is 794. The Hall–Kier alpha value is -2.69. The average Bonchev–Trinajstić information content (AvgIpc) is 2.83. The smallest absolute Gasteiger partial charge is 0.230 e. The number of carbonyl (C=O) groups is 1. The predicted molar refractivity (Wildman–Crippen MR) is 80.1 cm³/mol. The molecule has 0 spiro atoms. The van der Waals surface area contributed by atoms with Crippen molar-refractivity contribution in [3.05, 3.63) is 53.5 Å². The minimum atomic E-state index is -0.142. The first-order chi connectivity index (χ1) is 10.1. The van der Waals surface area contributed by atoms with Crippen LogP contribution in [0.25, 0.3) is 11.0 Å². The zero-order valence-electron chi connectivity index (χ0n) is 11.9. The summed E-state index contributed by atoms with van der Waals surface area (Å²) in [6.45, 7) is 4.05. The van der Waals surface area contributed by atoms with Crippen LogP contribution in [0.3, 0.4) is 0 Å². The third-order valence-electron chi connectivity index (χ3n) is 3.43. The largest absolute Gasteiger partial charge is 0.356 e. The number of aryl methyl sites for hydroxylation is 2. The third kappa shape index (κ3) is 2.76. The number of carbonyl (C=O) groups excluding carboxylic acids is 1. The summed E-state index contributed by atoms with van der Waals surface area (Å²) in [6.07, 6.45) is 3.43. The Morgan fingerprint density at radius 3 is 2.86 bits per heavy atom. The molecule has 3 rings (SSSR count). The van der Waals surface area contributed by atoms with Gasteiger partial charge in [0.15, 0.2) is 5.58 Å². The first-order valence-electron chi connectivity index (χ1n) is 6.69. The molecule has 0 unspecified atom stereocenters. The van der Waals surface area contributed by atoms with E-state index in [4.69, 9.17) is 4.52 Å². The molecule has 21 heavy (non-hydrogen) atoms. The van der Waals surface area contributed by atoms with E-state index >= 15 is 0 Å². The summed E-state index contributed by atoms with van der Waals surface area (Å²) in [6, 6.07) is 7.51. The normalized spacial score (nSPS) is 10.8. The van der Waals surface area contributed by atoms with Gasteiger partial charge in [-0.3, -0.25) is 9.78 Å². The van der Waals surface area contributed by atoms with Gasteiger partial charge in [0.05, 0.1) is 18.3 Å². The summed E-state index contributed by atoms with van der Waals surface area (Å²) >= 11 is 0. The number of fused-ring (bicyclic) bond motifs is 1. The van der Waals surface area contributed by atoms with Gasteiger partial charge in [0, 0.05) is 11.6 Å². The lowest BCUT2D eigenvalue weighted by atomic mass is 10.1. The molecule has 5 nitrogen and oxygen atoms in total. The van der Waals surface area contributed by atoms with E-state index < -0.39 is 0 Å². The van der Waals surface area contributed by atoms with E-state index in [1.165, 1.54) is 0 Å². The molecule has 0 aliphatic rings. The molecule has 3 aromatic rings. The van der Waals surface area contributed by atoms with Crippen LogP contribution in [-0.4, -0.2) is 16.0 Å². The van der Waals surface area contributed by atoms with Gasteiger partial charge in [0.2, 0.25) is 5.91 Å². The SMILES string of the molecule is Cc1cc2onc(CC(=O)Nc3cccnc3)c2cc1C. The Labute approximate surface area is 122 Å². The molecule has 0 aliphatic carbocycles. The molecule has 0 aliphatic heterocycles. The predicted octanol–water partition coefficient (Wildman–Crippen LogP) is 3.02. The average molecular weight is 281 g/mol. The molecule has 106 valence electrons. The van der Waals surface area contributed by atoms with Crippen molar-refractivity contribution in [2.24, 2.45) is 0 Å². The molecule has 1 aromatic carbocycles. The number of amides is 1. The maximum Gasteiger partial charge on any atom is 0.230 e. The highest BCUT2D eigenvalue weighted by atomic mass is 16.5. The van der Waals surface area contributed by atoms with Gasteiger partial charge in [-0.05, 0) is 49.2 Å². The molecule has 0 radical (unpaired) electrons. The number of nitrogens with one attached hydrogen (secondary N) is 1. The first kappa shape index (κ1) is 13.3. The highest BCUT2D eigenvalue weighted by Gasteiger charge is 2.13. The lowest BCUT2D eigenvalue weighted by Gasteiger charge is -2.03. The lowest BCUT2D eigenvalue weighted by molar-refractivity contribution is -0.115. The molecule has 0 saturated heterocycles. The molecule has 1 N–H and O–H groups in total. The van der Waals surface area contributed by atoms with E-state index in [2.05, 4.69) is 15.5 Å². The number of aromatic nitrogens is 2. The molecular weight excluding hydrogens is 266 g/mol. The summed E-state index contributed by atoms with van der Waals surface area (Å²) < 4.78 is 5.29. The van der Waals surface area contributed by atoms with Crippen molar-refractivity contribution >= 4 is 22.6 Å². The quantitative estimate of drug-likeness (QED) is 0.801. The second kappa shape index (κ2) is 5.36. The van der Waals surface area contributed by atoms with E-state index in [9.17, 15) is 4.79 Å². The minimum Gasteiger partial charge on any atom is -0.356 e. The van der Waals surface area contributed by atoms with Crippen LogP contribution in [0.15, 0.2) is 41.2 Å². The van der Waals surface area contributed by atoms with Gasteiger partial charge in [0.1, 0.15) is 5.69 Å². The van der Waals surface area contributed by atoms with Crippen molar-refractivity contribution in [3.63, 3.8) is 0 Å². The summed E-state index contributed by atoms with van der Waals surface area (Å²) in [5, 5.41) is 7.68. The standard InChI is InChI=1S/C16H15N3O2/c1-10-6-13-14(19-21-15(13)7-11(10)2)8-16(20)18-12-4-3-5-17-9-12/h3-7,9H,8H2,1-2H3,(H,18,20). The molecule has 1 amide bonds. The summed E-state index contributed by atoms with van der Waals surface area (Å²) in [5.41, 5.74) is 4.32. The monoisotopic (exact) mass is 281 g/mol. The van der Waals surface area contributed by atoms with Crippen molar-refractivity contribution in [3.8, 4) is 0 Å². The fourth-order valence-corrected chi connectivity index (χ4v) is 2.17. The van der Waals surface area contributed by atoms with E-state index in [1.54, 1.807) is 24.5 Å². The van der Waals surface area contributed by atoms with Gasteiger partial charge < -0.3 is 9.84 Å². The minimum absolute atomic E-state index is 0.142. The zero-order chi connectivity index (χ0) is 14.8. The Kier molecular flexibility index (Phi) is 3.39. The molecule has 0 fully saturated rings. The molecule has 2 aromatic heterocycles. The van der Waals surface area contributed by atoms with Crippen LogP contribution < -0.4 is 5.32 Å². The van der Waals surface area contributed by atoms with Crippen molar-refractivity contribution < 1.29 is 9.32 Å². The molecular formula is C16H15N3O2. The van der Waals surface area contributed by atoms with Crippen LogP contribution in [0.1, 0.15) is 16.8 Å². The van der Waals surface area contributed by atoms with Crippen LogP contribution >= 0.6 is 0 Å². The van der Waals surface area contributed by atoms with Crippen molar-refractivity contribution in [2.45, 2.75) is 20.3 Å². The molecule has 5 heteroatoms. The van der Waals surface area contributed by atoms with Crippen LogP contribution in [0.4, 0.5) is 5.69 Å². The van der Waals surface area contributed by atoms with E-state index in [0.717, 1.165) is 16.5 Å². The Morgan fingerprint density at radius 1 is 1.29 bits per heavy atom. The van der Waals surface area contributed by atoms with Crippen molar-refractivity contribution in [2.75, 3.05) is 5.32 Å². The summed E-state index contributed by atoms with van der Waals surface area (Å²) in [5.74, 6) is -0.142. The second-order valence-corrected chi connectivity index (χ2v) is 5.03. The number of benzene rings is 1. The van der Waals surface area contributed by atoms with Gasteiger partial charge >= 0.3 is 0 Å². The third-order valence-corrected chi connectivity index (χ3v) is 3.43. The van der Waals surface area contributed by atoms with Gasteiger partial charge in [-0.15, -0.1) is 0 Å². The van der Waals surface area contributed by atoms with Gasteiger partial charge in [-0.25, -0.2) is 0 Å². The summed E-state index contributed by atoms with van der Waals surface area (Å²) in [7, 11) is 0. The first-order valence-corrected chi connectivity index (χ1v) is 6.69. The number of anilines is 1. The van der Waals surface area contributed by atoms with Crippen LogP contribution in [0.5, 0.6) is 0 Å². The highest BCUT2D eigenvalue weighted by molar-refractivity contribution is 5.94. The van der Waals surface area contributed by atoms with E-state index in [0.29, 0.717) is 17.0 Å². The maximum absolute atomic E-state index is 12.1. The Morgan fingerprint density at radius 2 is 2.10 bits per heavy atom. The fourth-order valence-electron chi connectivity index (χ4n) is 2.17. The van der Waals surface area contributed by atoms with Crippen LogP contribution in [-0.2, 0) is 11.2 Å². The summed E-state index contributed by atoms with van der Waals surface area (Å²) in [4.78, 5) is 16.0. The van der Waals surface area contributed by atoms with Crippen molar-refractivity contribution in [1.82, 2.24) is 10.1 Å². The van der Waals surface area contributed by atoms with Crippen LogP contribution in [0, 0.1) is 13.8 Å². The second-order valence-electron chi connectivity index (χ2n) is 5.03. The van der Waals surface area contributed by atoms with Gasteiger partial charge in [-0.1, -0.05) is 5.16 Å². The topological polar surface area (TPSA) is 68.0 Å². The number of rotatable bonds is 3. The van der Waals surface area contributed by atoms with Crippen molar-refractivity contribution in [1.29, 1.82) is 0 Å². The maximum atomic E-state index is 12.1. The number of hydrogen-bond acceptors (Lipinski definition) is 4. The highest BCUT2D eigenvalue weighted by Crippen LogP contribution is 2.23. The van der Waals surface area contributed by atoms with E-state index in [-0.39, 0.29) is 12.3 Å². The molecule has 0 saturated carbocycles. The fraction of sp³-hybridized carbons (Fsp3) is 0.188. The van der Waals surface area contributed by atoms with Crippen LogP contribution in [0.2, 0.25) is 0 Å². The number of nitrogens with zero attached hydrogens (tertiary/aromatic N) is 2.